The predicted molar refractivity (Wildman–Crippen MR) is 65.9 cm³/mol. The van der Waals surface area contributed by atoms with Crippen molar-refractivity contribution in [3.05, 3.63) is 46.9 Å². The Morgan fingerprint density at radius 1 is 1.35 bits per heavy atom. The minimum absolute atomic E-state index is 0.0220. The van der Waals surface area contributed by atoms with Crippen LogP contribution in [-0.4, -0.2) is 17.5 Å². The fraction of sp³-hybridized carbons (Fsp3) is 0.167. The van der Waals surface area contributed by atoms with E-state index in [2.05, 4.69) is 10.3 Å². The summed E-state index contributed by atoms with van der Waals surface area (Å²) in [6.07, 6.45) is 0. The van der Waals surface area contributed by atoms with E-state index < -0.39 is 0 Å². The number of ether oxygens (including phenoxy) is 1. The maximum absolute atomic E-state index is 11.5. The number of amides is 1. The van der Waals surface area contributed by atoms with Gasteiger partial charge >= 0.3 is 0 Å². The van der Waals surface area contributed by atoms with E-state index >= 15 is 0 Å². The summed E-state index contributed by atoms with van der Waals surface area (Å²) in [5, 5.41) is 4.64. The molecule has 0 spiro atoms. The Labute approximate surface area is 103 Å². The summed E-state index contributed by atoms with van der Waals surface area (Å²) in [5.41, 5.74) is 2.60. The zero-order valence-electron chi connectivity index (χ0n) is 9.13. The monoisotopic (exact) mass is 248 g/mol. The van der Waals surface area contributed by atoms with Gasteiger partial charge < -0.3 is 10.1 Å². The van der Waals surface area contributed by atoms with E-state index in [1.165, 1.54) is 11.3 Å². The number of nitrogens with zero attached hydrogens (tertiary/aromatic N) is 1. The maximum Gasteiger partial charge on any atom is 0.258 e. The quantitative estimate of drug-likeness (QED) is 0.878. The van der Waals surface area contributed by atoms with Crippen molar-refractivity contribution in [3.63, 3.8) is 0 Å². The molecule has 2 aromatic rings. The molecule has 2 rings (SSSR count). The SMILES string of the molecule is O=C(COc1ccccc1)NCc1cscn1. The Morgan fingerprint density at radius 2 is 2.18 bits per heavy atom. The molecule has 0 unspecified atom stereocenters. The van der Waals surface area contributed by atoms with Crippen LogP contribution in [0, 0.1) is 0 Å². The summed E-state index contributed by atoms with van der Waals surface area (Å²) in [6, 6.07) is 9.25. The molecule has 1 aromatic heterocycles. The number of benzene rings is 1. The average molecular weight is 248 g/mol. The molecule has 0 atom stereocenters. The minimum atomic E-state index is -0.151. The van der Waals surface area contributed by atoms with Gasteiger partial charge in [0.1, 0.15) is 5.75 Å². The molecule has 1 N–H and O–H groups in total. The third-order valence-corrected chi connectivity index (χ3v) is 2.70. The summed E-state index contributed by atoms with van der Waals surface area (Å²) in [4.78, 5) is 15.5. The van der Waals surface area contributed by atoms with Gasteiger partial charge in [-0.15, -0.1) is 11.3 Å². The highest BCUT2D eigenvalue weighted by Crippen LogP contribution is 2.07. The number of carbonyl (C=O) groups is 1. The molecule has 88 valence electrons. The first-order valence-electron chi connectivity index (χ1n) is 5.16. The molecule has 1 heterocycles. The van der Waals surface area contributed by atoms with E-state index in [1.807, 2.05) is 35.7 Å². The van der Waals surface area contributed by atoms with Crippen molar-refractivity contribution in [2.75, 3.05) is 6.61 Å². The van der Waals surface area contributed by atoms with Gasteiger partial charge in [0.25, 0.3) is 5.91 Å². The van der Waals surface area contributed by atoms with Crippen LogP contribution in [0.25, 0.3) is 0 Å². The van der Waals surface area contributed by atoms with Crippen molar-refractivity contribution in [2.45, 2.75) is 6.54 Å². The van der Waals surface area contributed by atoms with E-state index in [1.54, 1.807) is 5.51 Å². The lowest BCUT2D eigenvalue weighted by Crippen LogP contribution is -2.28. The Bertz CT molecular complexity index is 457. The smallest absolute Gasteiger partial charge is 0.258 e. The Hall–Kier alpha value is -1.88. The molecule has 0 radical (unpaired) electrons. The first kappa shape index (κ1) is 11.6. The third-order valence-electron chi connectivity index (χ3n) is 2.06. The number of hydrogen-bond donors (Lipinski definition) is 1. The molecule has 0 aliphatic heterocycles. The lowest BCUT2D eigenvalue weighted by molar-refractivity contribution is -0.123. The van der Waals surface area contributed by atoms with Crippen LogP contribution in [0.2, 0.25) is 0 Å². The zero-order valence-corrected chi connectivity index (χ0v) is 9.94. The van der Waals surface area contributed by atoms with Crippen LogP contribution >= 0.6 is 11.3 Å². The third kappa shape index (κ3) is 3.88. The van der Waals surface area contributed by atoms with Gasteiger partial charge in [-0.1, -0.05) is 18.2 Å². The summed E-state index contributed by atoms with van der Waals surface area (Å²) >= 11 is 1.51. The maximum atomic E-state index is 11.5. The molecular weight excluding hydrogens is 236 g/mol. The molecule has 1 amide bonds. The first-order chi connectivity index (χ1) is 8.34. The van der Waals surface area contributed by atoms with Crippen LogP contribution in [0.15, 0.2) is 41.2 Å². The van der Waals surface area contributed by atoms with Crippen molar-refractivity contribution in [3.8, 4) is 5.75 Å². The molecule has 0 aliphatic carbocycles. The number of nitrogens with one attached hydrogen (secondary N) is 1. The van der Waals surface area contributed by atoms with Crippen molar-refractivity contribution < 1.29 is 9.53 Å². The standard InChI is InChI=1S/C12H12N2O2S/c15-12(13-6-10-8-17-9-14-10)7-16-11-4-2-1-3-5-11/h1-5,8-9H,6-7H2,(H,13,15). The minimum Gasteiger partial charge on any atom is -0.484 e. The molecule has 5 heteroatoms. The van der Waals surface area contributed by atoms with Gasteiger partial charge in [-0.05, 0) is 12.1 Å². The normalized spacial score (nSPS) is 9.88. The molecule has 0 aliphatic rings. The summed E-state index contributed by atoms with van der Waals surface area (Å²) in [5.74, 6) is 0.540. The van der Waals surface area contributed by atoms with Gasteiger partial charge in [-0.3, -0.25) is 4.79 Å². The number of para-hydroxylation sites is 1. The number of rotatable bonds is 5. The van der Waals surface area contributed by atoms with Crippen molar-refractivity contribution in [1.29, 1.82) is 0 Å². The molecular formula is C12H12N2O2S. The van der Waals surface area contributed by atoms with E-state index in [0.29, 0.717) is 12.3 Å². The molecule has 0 bridgehead atoms. The summed E-state index contributed by atoms with van der Waals surface area (Å²) in [6.45, 7) is 0.467. The lowest BCUT2D eigenvalue weighted by atomic mass is 10.3. The van der Waals surface area contributed by atoms with Gasteiger partial charge in [0.15, 0.2) is 6.61 Å². The molecule has 0 fully saturated rings. The number of thiazole rings is 1. The predicted octanol–water partition coefficient (Wildman–Crippen LogP) is 1.84. The number of aromatic nitrogens is 1. The van der Waals surface area contributed by atoms with Gasteiger partial charge in [-0.25, -0.2) is 4.98 Å². The van der Waals surface area contributed by atoms with Gasteiger partial charge in [0.05, 0.1) is 17.7 Å². The lowest BCUT2D eigenvalue weighted by Gasteiger charge is -2.06. The fourth-order valence-corrected chi connectivity index (χ4v) is 1.79. The van der Waals surface area contributed by atoms with Crippen LogP contribution in [0.5, 0.6) is 5.75 Å². The van der Waals surface area contributed by atoms with Crippen LogP contribution in [-0.2, 0) is 11.3 Å². The Morgan fingerprint density at radius 3 is 2.88 bits per heavy atom. The van der Waals surface area contributed by atoms with E-state index in [0.717, 1.165) is 5.69 Å². The van der Waals surface area contributed by atoms with Crippen LogP contribution < -0.4 is 10.1 Å². The first-order valence-corrected chi connectivity index (χ1v) is 6.10. The van der Waals surface area contributed by atoms with E-state index in [4.69, 9.17) is 4.74 Å². The highest BCUT2D eigenvalue weighted by molar-refractivity contribution is 7.07. The summed E-state index contributed by atoms with van der Waals surface area (Å²) in [7, 11) is 0. The van der Waals surface area contributed by atoms with E-state index in [-0.39, 0.29) is 12.5 Å². The van der Waals surface area contributed by atoms with Gasteiger partial charge in [0.2, 0.25) is 0 Å². The van der Waals surface area contributed by atoms with Gasteiger partial charge in [-0.2, -0.15) is 0 Å². The van der Waals surface area contributed by atoms with Gasteiger partial charge in [0, 0.05) is 5.38 Å². The molecule has 4 nitrogen and oxygen atoms in total. The molecule has 0 saturated heterocycles. The van der Waals surface area contributed by atoms with Crippen LogP contribution in [0.3, 0.4) is 0 Å². The second kappa shape index (κ2) is 6.00. The highest BCUT2D eigenvalue weighted by Gasteiger charge is 2.03. The topological polar surface area (TPSA) is 51.2 Å². The molecule has 1 aromatic carbocycles. The fourth-order valence-electron chi connectivity index (χ4n) is 1.23. The number of hydrogen-bond acceptors (Lipinski definition) is 4. The summed E-state index contributed by atoms with van der Waals surface area (Å²) < 4.78 is 5.31. The molecule has 17 heavy (non-hydrogen) atoms. The largest absolute Gasteiger partial charge is 0.484 e. The second-order valence-electron chi connectivity index (χ2n) is 3.36. The van der Waals surface area contributed by atoms with Crippen molar-refractivity contribution in [1.82, 2.24) is 10.3 Å². The van der Waals surface area contributed by atoms with Crippen LogP contribution in [0.4, 0.5) is 0 Å². The van der Waals surface area contributed by atoms with Crippen LogP contribution in [0.1, 0.15) is 5.69 Å². The Balaban J connectivity index is 1.71. The van der Waals surface area contributed by atoms with Crippen molar-refractivity contribution in [2.24, 2.45) is 0 Å². The second-order valence-corrected chi connectivity index (χ2v) is 4.08. The Kier molecular flexibility index (Phi) is 4.10. The van der Waals surface area contributed by atoms with Crippen molar-refractivity contribution >= 4 is 17.2 Å². The molecule has 0 saturated carbocycles. The number of carbonyl (C=O) groups excluding carboxylic acids is 1. The highest BCUT2D eigenvalue weighted by atomic mass is 32.1. The zero-order chi connectivity index (χ0) is 11.9. The van der Waals surface area contributed by atoms with E-state index in [9.17, 15) is 4.79 Å². The average Bonchev–Trinajstić information content (AvgIpc) is 2.88.